The van der Waals surface area contributed by atoms with E-state index in [9.17, 15) is 4.79 Å². The highest BCUT2D eigenvalue weighted by atomic mass is 16.5. The van der Waals surface area contributed by atoms with Gasteiger partial charge in [0.1, 0.15) is 11.8 Å². The molecule has 0 spiro atoms. The lowest BCUT2D eigenvalue weighted by molar-refractivity contribution is -0.139. The molecule has 18 heavy (non-hydrogen) atoms. The van der Waals surface area contributed by atoms with Crippen LogP contribution in [0.3, 0.4) is 0 Å². The van der Waals surface area contributed by atoms with Crippen molar-refractivity contribution in [3.8, 4) is 5.75 Å². The van der Waals surface area contributed by atoms with Crippen molar-refractivity contribution in [1.29, 1.82) is 0 Å². The Morgan fingerprint density at radius 2 is 2.17 bits per heavy atom. The summed E-state index contributed by atoms with van der Waals surface area (Å²) in [6.45, 7) is 0.384. The molecule has 5 heteroatoms. The van der Waals surface area contributed by atoms with Gasteiger partial charge in [0, 0.05) is 13.0 Å². The number of hydrogen-bond acceptors (Lipinski definition) is 4. The van der Waals surface area contributed by atoms with Gasteiger partial charge in [-0.15, -0.1) is 0 Å². The maximum Gasteiger partial charge on any atom is 0.320 e. The molecule has 0 radical (unpaired) electrons. The largest absolute Gasteiger partial charge is 0.493 e. The second kappa shape index (κ2) is 7.68. The number of benzene rings is 1. The Balaban J connectivity index is 2.50. The Labute approximate surface area is 106 Å². The number of hydrogen-bond donors (Lipinski definition) is 3. The number of aliphatic hydroxyl groups excluding tert-OH is 1. The number of ether oxygens (including phenoxy) is 1. The molecule has 0 aromatic heterocycles. The lowest BCUT2D eigenvalue weighted by Gasteiger charge is -2.14. The van der Waals surface area contributed by atoms with E-state index >= 15 is 0 Å². The van der Waals surface area contributed by atoms with Crippen molar-refractivity contribution in [2.24, 2.45) is 0 Å². The standard InChI is InChI=1S/C13H19NO4/c1-14-11(13(16)17)7-9-18-12-5-3-2-4-10(12)6-8-15/h2-5,11,14-15H,6-9H2,1H3,(H,16,17). The fraction of sp³-hybridized carbons (Fsp3) is 0.462. The smallest absolute Gasteiger partial charge is 0.320 e. The van der Waals surface area contributed by atoms with Gasteiger partial charge in [-0.1, -0.05) is 18.2 Å². The predicted molar refractivity (Wildman–Crippen MR) is 67.8 cm³/mol. The van der Waals surface area contributed by atoms with Crippen molar-refractivity contribution >= 4 is 5.97 Å². The zero-order chi connectivity index (χ0) is 13.4. The molecule has 0 heterocycles. The molecule has 0 aliphatic heterocycles. The molecule has 1 atom stereocenters. The number of carboxylic acids is 1. The average Bonchev–Trinajstić information content (AvgIpc) is 2.36. The normalized spacial score (nSPS) is 12.1. The number of likely N-dealkylation sites (N-methyl/N-ethyl adjacent to an activating group) is 1. The Hall–Kier alpha value is -1.59. The molecule has 0 saturated heterocycles. The molecule has 1 rings (SSSR count). The van der Waals surface area contributed by atoms with Crippen molar-refractivity contribution in [1.82, 2.24) is 5.32 Å². The highest BCUT2D eigenvalue weighted by Crippen LogP contribution is 2.18. The predicted octanol–water partition coefficient (Wildman–Crippen LogP) is 0.663. The van der Waals surface area contributed by atoms with E-state index in [1.54, 1.807) is 7.05 Å². The molecule has 1 unspecified atom stereocenters. The highest BCUT2D eigenvalue weighted by Gasteiger charge is 2.14. The van der Waals surface area contributed by atoms with E-state index in [4.69, 9.17) is 14.9 Å². The molecule has 0 aliphatic carbocycles. The van der Waals surface area contributed by atoms with E-state index in [-0.39, 0.29) is 6.61 Å². The number of carboxylic acid groups (broad SMARTS) is 1. The summed E-state index contributed by atoms with van der Waals surface area (Å²) in [5, 5.41) is 20.5. The van der Waals surface area contributed by atoms with Gasteiger partial charge in [-0.2, -0.15) is 0 Å². The van der Waals surface area contributed by atoms with Gasteiger partial charge in [0.2, 0.25) is 0 Å². The third-order valence-corrected chi connectivity index (χ3v) is 2.66. The van der Waals surface area contributed by atoms with Gasteiger partial charge in [-0.3, -0.25) is 4.79 Å². The number of carbonyl (C=O) groups is 1. The first-order chi connectivity index (χ1) is 8.69. The summed E-state index contributed by atoms with van der Waals surface area (Å²) in [7, 11) is 1.61. The Kier molecular flexibility index (Phi) is 6.18. The summed E-state index contributed by atoms with van der Waals surface area (Å²) in [5.41, 5.74) is 0.927. The minimum Gasteiger partial charge on any atom is -0.493 e. The molecule has 1 aromatic rings. The Morgan fingerprint density at radius 3 is 2.78 bits per heavy atom. The summed E-state index contributed by atoms with van der Waals surface area (Å²) >= 11 is 0. The van der Waals surface area contributed by atoms with Crippen LogP contribution < -0.4 is 10.1 Å². The first-order valence-electron chi connectivity index (χ1n) is 5.90. The van der Waals surface area contributed by atoms with E-state index in [1.165, 1.54) is 0 Å². The highest BCUT2D eigenvalue weighted by molar-refractivity contribution is 5.73. The van der Waals surface area contributed by atoms with Gasteiger partial charge < -0.3 is 20.3 Å². The van der Waals surface area contributed by atoms with Gasteiger partial charge in [-0.05, 0) is 25.1 Å². The summed E-state index contributed by atoms with van der Waals surface area (Å²) in [6.07, 6.45) is 0.920. The van der Waals surface area contributed by atoms with Gasteiger partial charge in [0.15, 0.2) is 0 Å². The number of aliphatic carboxylic acids is 1. The molecular weight excluding hydrogens is 234 g/mol. The van der Waals surface area contributed by atoms with E-state index in [1.807, 2.05) is 24.3 Å². The molecule has 0 amide bonds. The fourth-order valence-electron chi connectivity index (χ4n) is 1.65. The SMILES string of the molecule is CNC(CCOc1ccccc1CCO)C(=O)O. The zero-order valence-electron chi connectivity index (χ0n) is 10.4. The number of nitrogens with one attached hydrogen (secondary N) is 1. The fourth-order valence-corrected chi connectivity index (χ4v) is 1.65. The van der Waals surface area contributed by atoms with Crippen LogP contribution in [0.4, 0.5) is 0 Å². The topological polar surface area (TPSA) is 78.8 Å². The molecule has 5 nitrogen and oxygen atoms in total. The molecule has 0 fully saturated rings. The van der Waals surface area contributed by atoms with Gasteiger partial charge in [0.05, 0.1) is 6.61 Å². The van der Waals surface area contributed by atoms with Crippen LogP contribution >= 0.6 is 0 Å². The van der Waals surface area contributed by atoms with Crippen LogP contribution in [-0.4, -0.2) is 42.5 Å². The number of rotatable bonds is 8. The monoisotopic (exact) mass is 253 g/mol. The van der Waals surface area contributed by atoms with Crippen molar-refractivity contribution in [3.05, 3.63) is 29.8 Å². The number of para-hydroxylation sites is 1. The van der Waals surface area contributed by atoms with Crippen LogP contribution in [0.25, 0.3) is 0 Å². The summed E-state index contributed by atoms with van der Waals surface area (Å²) < 4.78 is 5.56. The van der Waals surface area contributed by atoms with Crippen LogP contribution in [0, 0.1) is 0 Å². The van der Waals surface area contributed by atoms with Crippen molar-refractivity contribution in [3.63, 3.8) is 0 Å². The van der Waals surface area contributed by atoms with Crippen molar-refractivity contribution < 1.29 is 19.7 Å². The van der Waals surface area contributed by atoms with Gasteiger partial charge in [0.25, 0.3) is 0 Å². The number of aliphatic hydroxyl groups is 1. The van der Waals surface area contributed by atoms with Crippen LogP contribution in [0.5, 0.6) is 5.75 Å². The van der Waals surface area contributed by atoms with Crippen LogP contribution in [0.1, 0.15) is 12.0 Å². The second-order valence-electron chi connectivity index (χ2n) is 3.90. The molecule has 0 aliphatic rings. The van der Waals surface area contributed by atoms with Crippen LogP contribution in [0.15, 0.2) is 24.3 Å². The summed E-state index contributed by atoms with van der Waals surface area (Å²) in [5.74, 6) is -0.184. The van der Waals surface area contributed by atoms with E-state index in [0.29, 0.717) is 25.2 Å². The first-order valence-corrected chi connectivity index (χ1v) is 5.90. The summed E-state index contributed by atoms with van der Waals surface area (Å²) in [4.78, 5) is 10.8. The van der Waals surface area contributed by atoms with Crippen molar-refractivity contribution in [2.75, 3.05) is 20.3 Å². The molecule has 3 N–H and O–H groups in total. The van der Waals surface area contributed by atoms with Crippen molar-refractivity contribution in [2.45, 2.75) is 18.9 Å². The molecule has 0 saturated carbocycles. The molecular formula is C13H19NO4. The van der Waals surface area contributed by atoms with E-state index in [0.717, 1.165) is 5.56 Å². The van der Waals surface area contributed by atoms with Crippen LogP contribution in [0.2, 0.25) is 0 Å². The van der Waals surface area contributed by atoms with Gasteiger partial charge in [-0.25, -0.2) is 0 Å². The van der Waals surface area contributed by atoms with Gasteiger partial charge >= 0.3 is 5.97 Å². The first kappa shape index (κ1) is 14.5. The lowest BCUT2D eigenvalue weighted by Crippen LogP contribution is -2.35. The van der Waals surface area contributed by atoms with Crippen LogP contribution in [-0.2, 0) is 11.2 Å². The molecule has 100 valence electrons. The average molecular weight is 253 g/mol. The minimum absolute atomic E-state index is 0.0641. The third-order valence-electron chi connectivity index (χ3n) is 2.66. The molecule has 0 bridgehead atoms. The zero-order valence-corrected chi connectivity index (χ0v) is 10.4. The summed E-state index contributed by atoms with van der Waals surface area (Å²) in [6, 6.07) is 6.84. The maximum absolute atomic E-state index is 10.8. The lowest BCUT2D eigenvalue weighted by atomic mass is 10.1. The second-order valence-corrected chi connectivity index (χ2v) is 3.90. The van der Waals surface area contributed by atoms with E-state index in [2.05, 4.69) is 5.32 Å². The Morgan fingerprint density at radius 1 is 1.44 bits per heavy atom. The molecule has 1 aromatic carbocycles. The quantitative estimate of drug-likeness (QED) is 0.634. The Bertz CT molecular complexity index is 381. The minimum atomic E-state index is -0.884. The maximum atomic E-state index is 10.8. The van der Waals surface area contributed by atoms with E-state index < -0.39 is 12.0 Å². The third kappa shape index (κ3) is 4.35.